The summed E-state index contributed by atoms with van der Waals surface area (Å²) in [6, 6.07) is 9.61. The van der Waals surface area contributed by atoms with Crippen LogP contribution in [-0.2, 0) is 0 Å². The van der Waals surface area contributed by atoms with E-state index in [-0.39, 0.29) is 11.1 Å². The SMILES string of the molecule is Cc1ccccc1-c1c(-c2ccoc2Cl)noc1N. The van der Waals surface area contributed by atoms with Crippen molar-refractivity contribution in [1.29, 1.82) is 0 Å². The van der Waals surface area contributed by atoms with Gasteiger partial charge in [0.1, 0.15) is 5.69 Å². The van der Waals surface area contributed by atoms with E-state index in [1.165, 1.54) is 6.26 Å². The van der Waals surface area contributed by atoms with Crippen LogP contribution in [0.3, 0.4) is 0 Å². The second-order valence-corrected chi connectivity index (χ2v) is 4.54. The van der Waals surface area contributed by atoms with Gasteiger partial charge in [-0.15, -0.1) is 0 Å². The quantitative estimate of drug-likeness (QED) is 0.762. The van der Waals surface area contributed by atoms with Crippen molar-refractivity contribution in [1.82, 2.24) is 5.16 Å². The first-order chi connectivity index (χ1) is 9.18. The standard InChI is InChI=1S/C14H11ClN2O2/c1-8-4-2-3-5-9(8)11-12(17-19-14(11)16)10-6-7-18-13(10)15/h2-7H,16H2,1H3. The van der Waals surface area contributed by atoms with Crippen molar-refractivity contribution in [3.05, 3.63) is 47.4 Å². The third-order valence-electron chi connectivity index (χ3n) is 3.01. The Hall–Kier alpha value is -2.20. The molecule has 4 nitrogen and oxygen atoms in total. The van der Waals surface area contributed by atoms with Crippen LogP contribution in [0, 0.1) is 6.92 Å². The van der Waals surface area contributed by atoms with E-state index in [0.29, 0.717) is 11.3 Å². The Bertz CT molecular complexity index is 731. The van der Waals surface area contributed by atoms with Gasteiger partial charge in [0.25, 0.3) is 0 Å². The summed E-state index contributed by atoms with van der Waals surface area (Å²) in [5, 5.41) is 4.26. The predicted octanol–water partition coefficient (Wildman–Crippen LogP) is 4.15. The molecule has 0 spiro atoms. The summed E-state index contributed by atoms with van der Waals surface area (Å²) < 4.78 is 10.2. The Labute approximate surface area is 114 Å². The Morgan fingerprint density at radius 1 is 1.16 bits per heavy atom. The molecule has 0 bridgehead atoms. The minimum Gasteiger partial charge on any atom is -0.452 e. The van der Waals surface area contributed by atoms with Gasteiger partial charge in [-0.2, -0.15) is 0 Å². The number of hydrogen-bond donors (Lipinski definition) is 1. The molecule has 5 heteroatoms. The highest BCUT2D eigenvalue weighted by Gasteiger charge is 2.21. The maximum atomic E-state index is 5.99. The number of benzene rings is 1. The molecule has 0 radical (unpaired) electrons. The van der Waals surface area contributed by atoms with Crippen molar-refractivity contribution >= 4 is 17.5 Å². The van der Waals surface area contributed by atoms with Crippen LogP contribution in [0.4, 0.5) is 5.88 Å². The molecule has 0 fully saturated rings. The number of halogens is 1. The van der Waals surface area contributed by atoms with E-state index in [1.54, 1.807) is 6.07 Å². The lowest BCUT2D eigenvalue weighted by Gasteiger charge is -2.05. The van der Waals surface area contributed by atoms with Gasteiger partial charge in [0.2, 0.25) is 11.1 Å². The number of rotatable bonds is 2. The zero-order valence-corrected chi connectivity index (χ0v) is 10.9. The average molecular weight is 275 g/mol. The predicted molar refractivity (Wildman–Crippen MR) is 73.8 cm³/mol. The molecular formula is C14H11ClN2O2. The summed E-state index contributed by atoms with van der Waals surface area (Å²) in [4.78, 5) is 0. The molecule has 2 N–H and O–H groups in total. The van der Waals surface area contributed by atoms with Gasteiger partial charge in [0, 0.05) is 0 Å². The molecule has 0 saturated carbocycles. The fourth-order valence-electron chi connectivity index (χ4n) is 2.06. The van der Waals surface area contributed by atoms with Crippen LogP contribution >= 0.6 is 11.6 Å². The number of aromatic nitrogens is 1. The third kappa shape index (κ3) is 1.90. The normalized spacial score (nSPS) is 10.8. The molecule has 19 heavy (non-hydrogen) atoms. The van der Waals surface area contributed by atoms with E-state index in [1.807, 2.05) is 31.2 Å². The molecule has 0 aliphatic carbocycles. The lowest BCUT2D eigenvalue weighted by atomic mass is 9.98. The Morgan fingerprint density at radius 2 is 1.95 bits per heavy atom. The van der Waals surface area contributed by atoms with Crippen molar-refractivity contribution in [2.45, 2.75) is 6.92 Å². The van der Waals surface area contributed by atoms with Crippen molar-refractivity contribution < 1.29 is 8.94 Å². The number of furan rings is 1. The van der Waals surface area contributed by atoms with E-state index >= 15 is 0 Å². The molecule has 3 aromatic rings. The smallest absolute Gasteiger partial charge is 0.230 e. The summed E-state index contributed by atoms with van der Waals surface area (Å²) in [7, 11) is 0. The summed E-state index contributed by atoms with van der Waals surface area (Å²) in [6.07, 6.45) is 1.50. The highest BCUT2D eigenvalue weighted by atomic mass is 35.5. The van der Waals surface area contributed by atoms with Crippen LogP contribution in [0.2, 0.25) is 5.22 Å². The summed E-state index contributed by atoms with van der Waals surface area (Å²) >= 11 is 5.99. The highest BCUT2D eigenvalue weighted by Crippen LogP contribution is 2.40. The first kappa shape index (κ1) is 11.9. The first-order valence-electron chi connectivity index (χ1n) is 5.73. The topological polar surface area (TPSA) is 65.2 Å². The van der Waals surface area contributed by atoms with Crippen LogP contribution in [-0.4, -0.2) is 5.16 Å². The molecule has 0 atom stereocenters. The van der Waals surface area contributed by atoms with Crippen molar-refractivity contribution in [2.24, 2.45) is 0 Å². The number of aryl methyl sites for hydroxylation is 1. The van der Waals surface area contributed by atoms with Crippen LogP contribution in [0.15, 0.2) is 45.5 Å². The molecule has 1 aromatic carbocycles. The fourth-order valence-corrected chi connectivity index (χ4v) is 2.27. The van der Waals surface area contributed by atoms with Crippen LogP contribution in [0.25, 0.3) is 22.4 Å². The number of nitrogen functional groups attached to an aromatic ring is 1. The van der Waals surface area contributed by atoms with Gasteiger partial charge in [0.15, 0.2) is 0 Å². The van der Waals surface area contributed by atoms with E-state index in [0.717, 1.165) is 16.7 Å². The van der Waals surface area contributed by atoms with Crippen molar-refractivity contribution in [3.63, 3.8) is 0 Å². The molecule has 0 saturated heterocycles. The van der Waals surface area contributed by atoms with Gasteiger partial charge in [-0.3, -0.25) is 0 Å². The van der Waals surface area contributed by atoms with Gasteiger partial charge in [0.05, 0.1) is 17.4 Å². The molecule has 3 rings (SSSR count). The summed E-state index contributed by atoms with van der Waals surface area (Å²) in [5.74, 6) is 0.265. The molecule has 0 aliphatic heterocycles. The zero-order valence-electron chi connectivity index (χ0n) is 10.2. The Kier molecular flexibility index (Phi) is 2.80. The first-order valence-corrected chi connectivity index (χ1v) is 6.11. The number of anilines is 1. The van der Waals surface area contributed by atoms with Gasteiger partial charge in [-0.05, 0) is 35.7 Å². The fraction of sp³-hybridized carbons (Fsp3) is 0.0714. The maximum Gasteiger partial charge on any atom is 0.230 e. The summed E-state index contributed by atoms with van der Waals surface area (Å²) in [6.45, 7) is 2.00. The van der Waals surface area contributed by atoms with Gasteiger partial charge in [-0.1, -0.05) is 29.4 Å². The number of hydrogen-bond acceptors (Lipinski definition) is 4. The van der Waals surface area contributed by atoms with Crippen molar-refractivity contribution in [2.75, 3.05) is 5.73 Å². The molecule has 96 valence electrons. The molecule has 0 unspecified atom stereocenters. The number of nitrogens with two attached hydrogens (primary N) is 1. The summed E-state index contributed by atoms with van der Waals surface area (Å²) in [5.41, 5.74) is 9.94. The van der Waals surface area contributed by atoms with Crippen molar-refractivity contribution in [3.8, 4) is 22.4 Å². The van der Waals surface area contributed by atoms with Crippen LogP contribution in [0.1, 0.15) is 5.56 Å². The van der Waals surface area contributed by atoms with Gasteiger partial charge in [-0.25, -0.2) is 0 Å². The monoisotopic (exact) mass is 274 g/mol. The molecule has 2 aromatic heterocycles. The second-order valence-electron chi connectivity index (χ2n) is 4.19. The van der Waals surface area contributed by atoms with E-state index in [9.17, 15) is 0 Å². The Morgan fingerprint density at radius 3 is 2.63 bits per heavy atom. The van der Waals surface area contributed by atoms with Gasteiger partial charge < -0.3 is 14.7 Å². The van der Waals surface area contributed by atoms with Crippen LogP contribution in [0.5, 0.6) is 0 Å². The molecule has 0 aliphatic rings. The minimum atomic E-state index is 0.265. The second kappa shape index (κ2) is 4.48. The highest BCUT2D eigenvalue weighted by molar-refractivity contribution is 6.31. The lowest BCUT2D eigenvalue weighted by molar-refractivity contribution is 0.439. The maximum absolute atomic E-state index is 5.99. The average Bonchev–Trinajstić information content (AvgIpc) is 2.96. The largest absolute Gasteiger partial charge is 0.452 e. The van der Waals surface area contributed by atoms with E-state index in [4.69, 9.17) is 26.3 Å². The van der Waals surface area contributed by atoms with E-state index < -0.39 is 0 Å². The zero-order chi connectivity index (χ0) is 13.4. The van der Waals surface area contributed by atoms with Crippen LogP contribution < -0.4 is 5.73 Å². The minimum absolute atomic E-state index is 0.265. The third-order valence-corrected chi connectivity index (χ3v) is 3.30. The molecule has 0 amide bonds. The number of nitrogens with zero attached hydrogens (tertiary/aromatic N) is 1. The molecular weight excluding hydrogens is 264 g/mol. The lowest BCUT2D eigenvalue weighted by Crippen LogP contribution is -1.89. The molecule has 2 heterocycles. The van der Waals surface area contributed by atoms with E-state index in [2.05, 4.69) is 5.16 Å². The Balaban J connectivity index is 2.26. The van der Waals surface area contributed by atoms with Gasteiger partial charge >= 0.3 is 0 Å².